The third kappa shape index (κ3) is 3.62. The van der Waals surface area contributed by atoms with E-state index >= 15 is 0 Å². The number of hydrogen-bond acceptors (Lipinski definition) is 2. The molecular formula is C20H22ClNOS. The maximum atomic E-state index is 12.9. The highest BCUT2D eigenvalue weighted by molar-refractivity contribution is 7.99. The van der Waals surface area contributed by atoms with E-state index in [4.69, 9.17) is 11.6 Å². The molecule has 2 aromatic carbocycles. The van der Waals surface area contributed by atoms with Gasteiger partial charge in [-0.05, 0) is 22.6 Å². The summed E-state index contributed by atoms with van der Waals surface area (Å²) in [5, 5.41) is -0.564. The number of amides is 1. The van der Waals surface area contributed by atoms with Gasteiger partial charge in [-0.2, -0.15) is 0 Å². The molecule has 0 spiro atoms. The number of benzene rings is 2. The fraction of sp³-hybridized carbons (Fsp3) is 0.350. The smallest absolute Gasteiger partial charge is 0.246 e. The first-order chi connectivity index (χ1) is 11.6. The highest BCUT2D eigenvalue weighted by Gasteiger charge is 2.34. The number of alkyl halides is 1. The molecule has 0 radical (unpaired) electrons. The van der Waals surface area contributed by atoms with E-state index in [-0.39, 0.29) is 11.3 Å². The number of thioether (sulfide) groups is 1. The number of hydrogen-bond donors (Lipinski definition) is 0. The van der Waals surface area contributed by atoms with Crippen LogP contribution >= 0.6 is 23.4 Å². The Kier molecular flexibility index (Phi) is 5.52. The van der Waals surface area contributed by atoms with Gasteiger partial charge in [0.1, 0.15) is 10.8 Å². The van der Waals surface area contributed by atoms with Gasteiger partial charge in [0.2, 0.25) is 5.91 Å². The maximum Gasteiger partial charge on any atom is 0.246 e. The summed E-state index contributed by atoms with van der Waals surface area (Å²) in [5.41, 5.74) is 3.35. The normalized spacial score (nSPS) is 18.8. The average Bonchev–Trinajstić information content (AvgIpc) is 3.11. The molecule has 0 aliphatic carbocycles. The van der Waals surface area contributed by atoms with Crippen molar-refractivity contribution in [1.82, 2.24) is 4.90 Å². The molecule has 2 aromatic rings. The fourth-order valence-corrected chi connectivity index (χ4v) is 4.46. The Morgan fingerprint density at radius 1 is 1.08 bits per heavy atom. The Labute approximate surface area is 153 Å². The van der Waals surface area contributed by atoms with Gasteiger partial charge in [0.15, 0.2) is 0 Å². The number of carbonyl (C=O) groups is 1. The van der Waals surface area contributed by atoms with Gasteiger partial charge in [0.05, 0.1) is 0 Å². The zero-order valence-electron chi connectivity index (χ0n) is 14.0. The SMILES string of the molecule is CC(C)c1ccc([C@@H]2SCCN2C(=O)[C@@H](Cl)c2ccccc2)cc1. The van der Waals surface area contributed by atoms with Crippen LogP contribution in [0.5, 0.6) is 0 Å². The number of rotatable bonds is 4. The number of nitrogens with zero attached hydrogens (tertiary/aromatic N) is 1. The predicted molar refractivity (Wildman–Crippen MR) is 102 cm³/mol. The third-order valence-electron chi connectivity index (χ3n) is 4.37. The molecule has 1 aliphatic heterocycles. The standard InChI is InChI=1S/C20H22ClNOS/c1-14(2)15-8-10-17(11-9-15)20-22(12-13-24-20)19(23)18(21)16-6-4-3-5-7-16/h3-11,14,18,20H,12-13H2,1-2H3/t18-,20-/m0/s1. The lowest BCUT2D eigenvalue weighted by atomic mass is 10.0. The Balaban J connectivity index is 1.78. The molecule has 1 saturated heterocycles. The summed E-state index contributed by atoms with van der Waals surface area (Å²) in [6.07, 6.45) is 0. The summed E-state index contributed by atoms with van der Waals surface area (Å²) in [6.45, 7) is 5.12. The molecule has 0 N–H and O–H groups in total. The highest BCUT2D eigenvalue weighted by atomic mass is 35.5. The molecule has 1 fully saturated rings. The van der Waals surface area contributed by atoms with E-state index in [9.17, 15) is 4.79 Å². The molecule has 0 saturated carbocycles. The lowest BCUT2D eigenvalue weighted by molar-refractivity contribution is -0.131. The number of carbonyl (C=O) groups excluding carboxylic acids is 1. The van der Waals surface area contributed by atoms with Crippen molar-refractivity contribution in [3.8, 4) is 0 Å². The highest BCUT2D eigenvalue weighted by Crippen LogP contribution is 2.40. The lowest BCUT2D eigenvalue weighted by Gasteiger charge is -2.26. The zero-order valence-corrected chi connectivity index (χ0v) is 15.6. The Bertz CT molecular complexity index is 687. The van der Waals surface area contributed by atoms with Crippen LogP contribution in [0.25, 0.3) is 0 Å². The van der Waals surface area contributed by atoms with E-state index in [1.54, 1.807) is 11.8 Å². The van der Waals surface area contributed by atoms with E-state index in [0.717, 1.165) is 17.9 Å². The summed E-state index contributed by atoms with van der Waals surface area (Å²) in [4.78, 5) is 14.8. The molecule has 1 aliphatic rings. The van der Waals surface area contributed by atoms with E-state index in [2.05, 4.69) is 38.1 Å². The van der Waals surface area contributed by atoms with Crippen molar-refractivity contribution in [1.29, 1.82) is 0 Å². The second kappa shape index (κ2) is 7.62. The van der Waals surface area contributed by atoms with Crippen molar-refractivity contribution in [2.75, 3.05) is 12.3 Å². The second-order valence-corrected chi connectivity index (χ2v) is 7.97. The van der Waals surface area contributed by atoms with Gasteiger partial charge in [0, 0.05) is 12.3 Å². The lowest BCUT2D eigenvalue weighted by Crippen LogP contribution is -2.33. The Hall–Kier alpha value is -1.45. The number of halogens is 1. The van der Waals surface area contributed by atoms with Crippen LogP contribution in [0.4, 0.5) is 0 Å². The van der Waals surface area contributed by atoms with Gasteiger partial charge in [-0.15, -0.1) is 23.4 Å². The molecule has 24 heavy (non-hydrogen) atoms. The van der Waals surface area contributed by atoms with Crippen LogP contribution in [0.3, 0.4) is 0 Å². The van der Waals surface area contributed by atoms with Crippen LogP contribution in [-0.2, 0) is 4.79 Å². The van der Waals surface area contributed by atoms with Crippen molar-refractivity contribution in [3.05, 3.63) is 71.3 Å². The molecule has 2 nitrogen and oxygen atoms in total. The van der Waals surface area contributed by atoms with Gasteiger partial charge in [-0.3, -0.25) is 4.79 Å². The molecule has 0 unspecified atom stereocenters. The summed E-state index contributed by atoms with van der Waals surface area (Å²) in [5.74, 6) is 1.45. The third-order valence-corrected chi connectivity index (χ3v) is 6.07. The Morgan fingerprint density at radius 3 is 2.38 bits per heavy atom. The first kappa shape index (κ1) is 17.4. The quantitative estimate of drug-likeness (QED) is 0.684. The minimum atomic E-state index is -0.623. The largest absolute Gasteiger partial charge is 0.324 e. The van der Waals surface area contributed by atoms with Crippen LogP contribution in [0.15, 0.2) is 54.6 Å². The summed E-state index contributed by atoms with van der Waals surface area (Å²) in [7, 11) is 0. The van der Waals surface area contributed by atoms with Gasteiger partial charge in [-0.1, -0.05) is 68.4 Å². The molecule has 4 heteroatoms. The molecule has 126 valence electrons. The van der Waals surface area contributed by atoms with E-state index in [1.807, 2.05) is 35.2 Å². The van der Waals surface area contributed by atoms with Gasteiger partial charge >= 0.3 is 0 Å². The zero-order chi connectivity index (χ0) is 17.1. The molecule has 3 rings (SSSR count). The molecule has 2 atom stereocenters. The van der Waals surface area contributed by atoms with Crippen LogP contribution in [-0.4, -0.2) is 23.1 Å². The van der Waals surface area contributed by atoms with Crippen molar-refractivity contribution < 1.29 is 4.79 Å². The fourth-order valence-electron chi connectivity index (χ4n) is 2.93. The van der Waals surface area contributed by atoms with Crippen LogP contribution < -0.4 is 0 Å². The summed E-state index contributed by atoms with van der Waals surface area (Å²) < 4.78 is 0. The van der Waals surface area contributed by atoms with E-state index in [1.165, 1.54) is 11.1 Å². The van der Waals surface area contributed by atoms with Crippen LogP contribution in [0, 0.1) is 0 Å². The van der Waals surface area contributed by atoms with E-state index < -0.39 is 5.38 Å². The molecule has 0 aromatic heterocycles. The summed E-state index contributed by atoms with van der Waals surface area (Å²) >= 11 is 8.26. The topological polar surface area (TPSA) is 20.3 Å². The molecule has 0 bridgehead atoms. The van der Waals surface area contributed by atoms with Gasteiger partial charge < -0.3 is 4.90 Å². The Morgan fingerprint density at radius 2 is 1.75 bits per heavy atom. The van der Waals surface area contributed by atoms with Crippen molar-refractivity contribution >= 4 is 29.3 Å². The van der Waals surface area contributed by atoms with Gasteiger partial charge in [0.25, 0.3) is 0 Å². The minimum Gasteiger partial charge on any atom is -0.324 e. The molecule has 1 heterocycles. The van der Waals surface area contributed by atoms with Crippen molar-refractivity contribution in [3.63, 3.8) is 0 Å². The van der Waals surface area contributed by atoms with Gasteiger partial charge in [-0.25, -0.2) is 0 Å². The summed E-state index contributed by atoms with van der Waals surface area (Å²) in [6, 6.07) is 18.2. The first-order valence-corrected chi connectivity index (χ1v) is 9.77. The van der Waals surface area contributed by atoms with Crippen LogP contribution in [0.1, 0.15) is 47.2 Å². The maximum absolute atomic E-state index is 12.9. The monoisotopic (exact) mass is 359 g/mol. The molecular weight excluding hydrogens is 338 g/mol. The first-order valence-electron chi connectivity index (χ1n) is 8.29. The predicted octanol–water partition coefficient (Wildman–Crippen LogP) is 5.36. The minimum absolute atomic E-state index is 0.00852. The van der Waals surface area contributed by atoms with Crippen molar-refractivity contribution in [2.45, 2.75) is 30.5 Å². The van der Waals surface area contributed by atoms with E-state index in [0.29, 0.717) is 5.92 Å². The second-order valence-electron chi connectivity index (χ2n) is 6.35. The van der Waals surface area contributed by atoms with Crippen molar-refractivity contribution in [2.24, 2.45) is 0 Å². The average molecular weight is 360 g/mol. The van der Waals surface area contributed by atoms with Crippen LogP contribution in [0.2, 0.25) is 0 Å². The molecule has 1 amide bonds.